The normalized spacial score (nSPS) is 12.3. The van der Waals surface area contributed by atoms with Crippen LogP contribution in [-0.4, -0.2) is 21.7 Å². The molecule has 10 heteroatoms. The van der Waals surface area contributed by atoms with Gasteiger partial charge < -0.3 is 0 Å². The van der Waals surface area contributed by atoms with Crippen LogP contribution < -0.4 is 0 Å². The third-order valence-electron chi connectivity index (χ3n) is 3.32. The largest absolute Gasteiger partial charge is 0.435 e. The Balaban J connectivity index is 2.51. The summed E-state index contributed by atoms with van der Waals surface area (Å²) in [6, 6.07) is 5.73. The molecule has 0 N–H and O–H groups in total. The molecule has 2 rings (SSSR count). The van der Waals surface area contributed by atoms with Crippen molar-refractivity contribution in [1.29, 1.82) is 5.26 Å². The van der Waals surface area contributed by atoms with Crippen molar-refractivity contribution in [3.63, 3.8) is 0 Å². The van der Waals surface area contributed by atoms with Crippen LogP contribution in [0.5, 0.6) is 0 Å². The monoisotopic (exact) mass is 379 g/mol. The number of alkyl halides is 6. The van der Waals surface area contributed by atoms with Crippen molar-refractivity contribution < 1.29 is 26.3 Å². The molecule has 0 unspecified atom stereocenters. The molecule has 0 radical (unpaired) electrons. The molecule has 0 fully saturated rings. The minimum atomic E-state index is -4.64. The van der Waals surface area contributed by atoms with Gasteiger partial charge in [0, 0.05) is 23.1 Å². The second-order valence-corrected chi connectivity index (χ2v) is 6.19. The van der Waals surface area contributed by atoms with Gasteiger partial charge in [0.2, 0.25) is 0 Å². The molecular formula is C15H11F6N3S. The van der Waals surface area contributed by atoms with Crippen LogP contribution in [0, 0.1) is 18.3 Å². The Labute approximate surface area is 143 Å². The van der Waals surface area contributed by atoms with Gasteiger partial charge in [0.15, 0.2) is 5.69 Å². The summed E-state index contributed by atoms with van der Waals surface area (Å²) < 4.78 is 77.2. The highest BCUT2D eigenvalue weighted by Gasteiger charge is 2.37. The number of hydrogen-bond acceptors (Lipinski definition) is 3. The van der Waals surface area contributed by atoms with E-state index >= 15 is 0 Å². The molecule has 1 aromatic heterocycles. The van der Waals surface area contributed by atoms with E-state index in [1.54, 1.807) is 6.07 Å². The van der Waals surface area contributed by atoms with Gasteiger partial charge in [0.25, 0.3) is 0 Å². The first-order valence-corrected chi connectivity index (χ1v) is 7.77. The SMILES string of the molecule is Cc1c(C(F)(F)F)nn(C)c1-c1ccc(C#N)c(SCC(F)(F)F)c1. The molecule has 25 heavy (non-hydrogen) atoms. The Morgan fingerprint density at radius 2 is 1.84 bits per heavy atom. The highest BCUT2D eigenvalue weighted by molar-refractivity contribution is 7.99. The lowest BCUT2D eigenvalue weighted by molar-refractivity contribution is -0.141. The molecule has 0 saturated carbocycles. The minimum Gasteiger partial charge on any atom is -0.267 e. The predicted molar refractivity (Wildman–Crippen MR) is 79.9 cm³/mol. The zero-order chi connectivity index (χ0) is 19.0. The zero-order valence-corrected chi connectivity index (χ0v) is 13.8. The van der Waals surface area contributed by atoms with Gasteiger partial charge in [0.05, 0.1) is 17.0 Å². The fourth-order valence-electron chi connectivity index (χ4n) is 2.34. The highest BCUT2D eigenvalue weighted by Crippen LogP contribution is 2.37. The maximum atomic E-state index is 13.0. The molecule has 0 aliphatic heterocycles. The Morgan fingerprint density at radius 3 is 2.32 bits per heavy atom. The first-order valence-electron chi connectivity index (χ1n) is 6.79. The first-order chi connectivity index (χ1) is 11.4. The summed E-state index contributed by atoms with van der Waals surface area (Å²) in [7, 11) is 1.32. The zero-order valence-electron chi connectivity index (χ0n) is 13.0. The number of halogens is 6. The second-order valence-electron chi connectivity index (χ2n) is 5.17. The molecule has 3 nitrogen and oxygen atoms in total. The van der Waals surface area contributed by atoms with Gasteiger partial charge in [-0.15, -0.1) is 11.8 Å². The minimum absolute atomic E-state index is 0.0221. The summed E-state index contributed by atoms with van der Waals surface area (Å²) >= 11 is 0.412. The fraction of sp³-hybridized carbons (Fsp3) is 0.333. The Bertz CT molecular complexity index is 830. The average molecular weight is 379 g/mol. The molecule has 0 aliphatic rings. The molecule has 134 valence electrons. The lowest BCUT2D eigenvalue weighted by Crippen LogP contribution is -2.10. The van der Waals surface area contributed by atoms with Crippen molar-refractivity contribution in [1.82, 2.24) is 9.78 Å². The molecule has 0 aliphatic carbocycles. The number of thioether (sulfide) groups is 1. The molecule has 2 aromatic rings. The first kappa shape index (κ1) is 19.2. The fourth-order valence-corrected chi connectivity index (χ4v) is 3.14. The van der Waals surface area contributed by atoms with Crippen LogP contribution >= 0.6 is 11.8 Å². The van der Waals surface area contributed by atoms with Crippen LogP contribution in [-0.2, 0) is 13.2 Å². The van der Waals surface area contributed by atoms with E-state index in [-0.39, 0.29) is 27.3 Å². The summed E-state index contributed by atoms with van der Waals surface area (Å²) in [6.45, 7) is 1.24. The summed E-state index contributed by atoms with van der Waals surface area (Å²) in [6.07, 6.45) is -9.07. The van der Waals surface area contributed by atoms with Gasteiger partial charge in [-0.05, 0) is 19.1 Å². The van der Waals surface area contributed by atoms with Crippen LogP contribution in [0.1, 0.15) is 16.8 Å². The molecule has 0 saturated heterocycles. The van der Waals surface area contributed by atoms with E-state index in [2.05, 4.69) is 5.10 Å². The maximum Gasteiger partial charge on any atom is 0.435 e. The highest BCUT2D eigenvalue weighted by atomic mass is 32.2. The predicted octanol–water partition coefficient (Wildman–Crippen LogP) is 4.94. The number of hydrogen-bond donors (Lipinski definition) is 0. The van der Waals surface area contributed by atoms with E-state index in [0.717, 1.165) is 4.68 Å². The summed E-state index contributed by atoms with van der Waals surface area (Å²) in [5, 5.41) is 12.5. The van der Waals surface area contributed by atoms with Crippen molar-refractivity contribution in [3.05, 3.63) is 35.0 Å². The van der Waals surface area contributed by atoms with Crippen LogP contribution in [0.25, 0.3) is 11.3 Å². The quantitative estimate of drug-likeness (QED) is 0.560. The average Bonchev–Trinajstić information content (AvgIpc) is 2.79. The molecule has 0 atom stereocenters. The van der Waals surface area contributed by atoms with Crippen LogP contribution in [0.15, 0.2) is 23.1 Å². The number of benzene rings is 1. The maximum absolute atomic E-state index is 13.0. The number of nitrogens with zero attached hydrogens (tertiary/aromatic N) is 3. The van der Waals surface area contributed by atoms with Crippen LogP contribution in [0.4, 0.5) is 26.3 Å². The topological polar surface area (TPSA) is 41.6 Å². The molecule has 0 spiro atoms. The van der Waals surface area contributed by atoms with E-state index in [0.29, 0.717) is 11.8 Å². The number of nitriles is 1. The van der Waals surface area contributed by atoms with Crippen LogP contribution in [0.3, 0.4) is 0 Å². The van der Waals surface area contributed by atoms with E-state index < -0.39 is 23.8 Å². The third-order valence-corrected chi connectivity index (χ3v) is 4.44. The molecule has 0 bridgehead atoms. The number of aryl methyl sites for hydroxylation is 1. The van der Waals surface area contributed by atoms with Gasteiger partial charge in [-0.25, -0.2) is 0 Å². The van der Waals surface area contributed by atoms with Crippen molar-refractivity contribution in [2.75, 3.05) is 5.75 Å². The molecule has 1 heterocycles. The Kier molecular flexibility index (Phi) is 5.09. The molecular weight excluding hydrogens is 368 g/mol. The number of rotatable bonds is 3. The summed E-state index contributed by atoms with van der Waals surface area (Å²) in [5.41, 5.74) is -0.781. The Morgan fingerprint density at radius 1 is 1.20 bits per heavy atom. The lowest BCUT2D eigenvalue weighted by atomic mass is 10.0. The van der Waals surface area contributed by atoms with E-state index in [4.69, 9.17) is 5.26 Å². The van der Waals surface area contributed by atoms with Gasteiger partial charge in [-0.2, -0.15) is 36.7 Å². The van der Waals surface area contributed by atoms with E-state index in [1.807, 2.05) is 0 Å². The van der Waals surface area contributed by atoms with Crippen molar-refractivity contribution in [2.24, 2.45) is 7.05 Å². The van der Waals surface area contributed by atoms with Crippen molar-refractivity contribution in [2.45, 2.75) is 24.2 Å². The van der Waals surface area contributed by atoms with Crippen LogP contribution in [0.2, 0.25) is 0 Å². The summed E-state index contributed by atoms with van der Waals surface area (Å²) in [4.78, 5) is 0.0477. The Hall–Kier alpha value is -2.15. The smallest absolute Gasteiger partial charge is 0.267 e. The molecule has 0 amide bonds. The van der Waals surface area contributed by atoms with Gasteiger partial charge in [-0.1, -0.05) is 6.07 Å². The van der Waals surface area contributed by atoms with Gasteiger partial charge >= 0.3 is 12.4 Å². The van der Waals surface area contributed by atoms with E-state index in [9.17, 15) is 26.3 Å². The van der Waals surface area contributed by atoms with Crippen molar-refractivity contribution in [3.8, 4) is 17.3 Å². The lowest BCUT2D eigenvalue weighted by Gasteiger charge is -2.10. The summed E-state index contributed by atoms with van der Waals surface area (Å²) in [5.74, 6) is -1.21. The standard InChI is InChI=1S/C15H11F6N3S/c1-8-12(24(2)23-13(8)15(19,20)21)9-3-4-10(6-22)11(5-9)25-7-14(16,17)18/h3-5H,7H2,1-2H3. The second kappa shape index (κ2) is 6.63. The van der Waals surface area contributed by atoms with Crippen molar-refractivity contribution >= 4 is 11.8 Å². The molecule has 1 aromatic carbocycles. The van der Waals surface area contributed by atoms with E-state index in [1.165, 1.54) is 32.2 Å². The van der Waals surface area contributed by atoms with Gasteiger partial charge in [0.1, 0.15) is 6.07 Å². The van der Waals surface area contributed by atoms with Gasteiger partial charge in [-0.3, -0.25) is 4.68 Å². The number of aromatic nitrogens is 2. The third kappa shape index (κ3) is 4.28.